The first-order valence-corrected chi connectivity index (χ1v) is 9.19. The van der Waals surface area contributed by atoms with Gasteiger partial charge in [-0.15, -0.1) is 0 Å². The summed E-state index contributed by atoms with van der Waals surface area (Å²) in [5.74, 6) is -0.00919. The van der Waals surface area contributed by atoms with E-state index in [9.17, 15) is 9.18 Å². The predicted octanol–water partition coefficient (Wildman–Crippen LogP) is 3.18. The molecule has 7 nitrogen and oxygen atoms in total. The van der Waals surface area contributed by atoms with Gasteiger partial charge in [0.05, 0.1) is 25.5 Å². The largest absolute Gasteiger partial charge is 0.497 e. The summed E-state index contributed by atoms with van der Waals surface area (Å²) in [5.41, 5.74) is 4.13. The smallest absolute Gasteiger partial charge is 0.350 e. The molecular weight excluding hydrogens is 373 g/mol. The summed E-state index contributed by atoms with van der Waals surface area (Å²) in [6, 6.07) is 10.1. The maximum absolute atomic E-state index is 13.7. The number of ether oxygens (including phenoxy) is 1. The summed E-state index contributed by atoms with van der Waals surface area (Å²) in [6.07, 6.45) is 5.85. The Bertz CT molecular complexity index is 1190. The van der Waals surface area contributed by atoms with Gasteiger partial charge in [-0.2, -0.15) is 14.9 Å². The van der Waals surface area contributed by atoms with Gasteiger partial charge >= 0.3 is 5.69 Å². The van der Waals surface area contributed by atoms with Crippen molar-refractivity contribution >= 4 is 0 Å². The van der Waals surface area contributed by atoms with Crippen LogP contribution in [-0.4, -0.2) is 31.7 Å². The first-order valence-electron chi connectivity index (χ1n) is 9.19. The molecule has 4 aromatic rings. The van der Waals surface area contributed by atoms with E-state index in [2.05, 4.69) is 22.2 Å². The SMILES string of the molecule is CCc1cc(-n2ncn(Cc3cc(F)cc(OC)c3)c2=O)ccc1-c1cn[nH]c1. The highest BCUT2D eigenvalue weighted by atomic mass is 19.1. The number of benzene rings is 2. The third-order valence-corrected chi connectivity index (χ3v) is 4.78. The molecule has 0 aliphatic rings. The predicted molar refractivity (Wildman–Crippen MR) is 107 cm³/mol. The summed E-state index contributed by atoms with van der Waals surface area (Å²) >= 11 is 0. The molecule has 0 saturated carbocycles. The average Bonchev–Trinajstić information content (AvgIpc) is 3.38. The van der Waals surface area contributed by atoms with Crippen molar-refractivity contribution in [2.24, 2.45) is 0 Å². The Hall–Kier alpha value is -3.68. The second-order valence-electron chi connectivity index (χ2n) is 6.63. The lowest BCUT2D eigenvalue weighted by Crippen LogP contribution is -2.24. The number of methoxy groups -OCH3 is 1. The highest BCUT2D eigenvalue weighted by molar-refractivity contribution is 5.67. The average molecular weight is 393 g/mol. The standard InChI is InChI=1S/C21H20FN5O2/c1-3-15-8-18(4-5-20(15)16-10-23-24-11-16)27-21(28)26(13-25-27)12-14-6-17(22)9-19(7-14)29-2/h4-11,13H,3,12H2,1-2H3,(H,23,24). The van der Waals surface area contributed by atoms with Crippen molar-refractivity contribution in [2.45, 2.75) is 19.9 Å². The van der Waals surface area contributed by atoms with E-state index in [0.717, 1.165) is 23.1 Å². The van der Waals surface area contributed by atoms with Gasteiger partial charge in [0.25, 0.3) is 0 Å². The van der Waals surface area contributed by atoms with Gasteiger partial charge in [-0.3, -0.25) is 9.67 Å². The van der Waals surface area contributed by atoms with Gasteiger partial charge in [0, 0.05) is 17.8 Å². The number of H-pyrrole nitrogens is 1. The zero-order valence-electron chi connectivity index (χ0n) is 16.1. The van der Waals surface area contributed by atoms with Crippen LogP contribution >= 0.6 is 0 Å². The van der Waals surface area contributed by atoms with Crippen LogP contribution in [0.1, 0.15) is 18.1 Å². The minimum absolute atomic E-state index is 0.195. The Balaban J connectivity index is 1.67. The van der Waals surface area contributed by atoms with Crippen LogP contribution in [0, 0.1) is 5.82 Å². The van der Waals surface area contributed by atoms with Crippen LogP contribution < -0.4 is 10.4 Å². The molecule has 8 heteroatoms. The molecule has 0 spiro atoms. The molecular formula is C21H20FN5O2. The zero-order valence-corrected chi connectivity index (χ0v) is 16.1. The molecule has 0 amide bonds. The van der Waals surface area contributed by atoms with E-state index in [4.69, 9.17) is 4.74 Å². The van der Waals surface area contributed by atoms with Crippen LogP contribution in [0.4, 0.5) is 4.39 Å². The van der Waals surface area contributed by atoms with Gasteiger partial charge in [-0.1, -0.05) is 13.0 Å². The second-order valence-corrected chi connectivity index (χ2v) is 6.63. The van der Waals surface area contributed by atoms with E-state index >= 15 is 0 Å². The fourth-order valence-electron chi connectivity index (χ4n) is 3.33. The van der Waals surface area contributed by atoms with Gasteiger partial charge < -0.3 is 4.74 Å². The van der Waals surface area contributed by atoms with Crippen molar-refractivity contribution in [3.05, 3.63) is 82.5 Å². The number of hydrogen-bond acceptors (Lipinski definition) is 4. The maximum Gasteiger partial charge on any atom is 0.350 e. The fraction of sp³-hybridized carbons (Fsp3) is 0.190. The summed E-state index contributed by atoms with van der Waals surface area (Å²) in [6.45, 7) is 2.25. The Morgan fingerprint density at radius 2 is 2.07 bits per heavy atom. The lowest BCUT2D eigenvalue weighted by molar-refractivity contribution is 0.410. The molecule has 0 unspecified atom stereocenters. The molecule has 2 heterocycles. The van der Waals surface area contributed by atoms with E-state index < -0.39 is 5.82 Å². The molecule has 0 fully saturated rings. The molecule has 29 heavy (non-hydrogen) atoms. The second kappa shape index (κ2) is 7.75. The van der Waals surface area contributed by atoms with Crippen molar-refractivity contribution < 1.29 is 9.13 Å². The van der Waals surface area contributed by atoms with Crippen LogP contribution in [0.25, 0.3) is 16.8 Å². The van der Waals surface area contributed by atoms with E-state index in [-0.39, 0.29) is 12.2 Å². The number of aromatic nitrogens is 5. The van der Waals surface area contributed by atoms with E-state index in [1.54, 1.807) is 12.3 Å². The summed E-state index contributed by atoms with van der Waals surface area (Å²) in [4.78, 5) is 12.8. The molecule has 0 atom stereocenters. The lowest BCUT2D eigenvalue weighted by Gasteiger charge is -2.09. The summed E-state index contributed by atoms with van der Waals surface area (Å²) in [5, 5.41) is 11.1. The fourth-order valence-corrected chi connectivity index (χ4v) is 3.33. The third kappa shape index (κ3) is 3.69. The van der Waals surface area contributed by atoms with Gasteiger partial charge in [0.2, 0.25) is 0 Å². The molecule has 0 radical (unpaired) electrons. The maximum atomic E-state index is 13.7. The van der Waals surface area contributed by atoms with Crippen LogP contribution in [0.2, 0.25) is 0 Å². The third-order valence-electron chi connectivity index (χ3n) is 4.78. The number of nitrogens with one attached hydrogen (secondary N) is 1. The molecule has 0 bridgehead atoms. The Kier molecular flexibility index (Phi) is 4.99. The summed E-state index contributed by atoms with van der Waals surface area (Å²) < 4.78 is 21.6. The molecule has 148 valence electrons. The normalized spacial score (nSPS) is 11.0. The number of aromatic amines is 1. The zero-order chi connectivity index (χ0) is 20.4. The van der Waals surface area contributed by atoms with Crippen LogP contribution in [0.3, 0.4) is 0 Å². The molecule has 4 rings (SSSR count). The van der Waals surface area contributed by atoms with Gasteiger partial charge in [-0.25, -0.2) is 9.18 Å². The molecule has 1 N–H and O–H groups in total. The van der Waals surface area contributed by atoms with E-state index in [1.165, 1.54) is 34.8 Å². The van der Waals surface area contributed by atoms with Gasteiger partial charge in [0.15, 0.2) is 0 Å². The van der Waals surface area contributed by atoms with Crippen molar-refractivity contribution in [2.75, 3.05) is 7.11 Å². The minimum Gasteiger partial charge on any atom is -0.497 e. The topological polar surface area (TPSA) is 77.7 Å². The Morgan fingerprint density at radius 1 is 1.21 bits per heavy atom. The highest BCUT2D eigenvalue weighted by Gasteiger charge is 2.12. The van der Waals surface area contributed by atoms with Crippen LogP contribution in [-0.2, 0) is 13.0 Å². The molecule has 0 saturated heterocycles. The van der Waals surface area contributed by atoms with E-state index in [1.807, 2.05) is 24.4 Å². The number of aryl methyl sites for hydroxylation is 1. The van der Waals surface area contributed by atoms with Crippen LogP contribution in [0.15, 0.2) is 59.9 Å². The first kappa shape index (κ1) is 18.7. The van der Waals surface area contributed by atoms with Crippen molar-refractivity contribution in [1.82, 2.24) is 24.5 Å². The van der Waals surface area contributed by atoms with Crippen molar-refractivity contribution in [1.29, 1.82) is 0 Å². The number of nitrogens with zero attached hydrogens (tertiary/aromatic N) is 4. The monoisotopic (exact) mass is 393 g/mol. The first-order chi connectivity index (χ1) is 14.1. The molecule has 0 aliphatic heterocycles. The molecule has 0 aliphatic carbocycles. The van der Waals surface area contributed by atoms with Gasteiger partial charge in [0.1, 0.15) is 17.9 Å². The van der Waals surface area contributed by atoms with E-state index in [0.29, 0.717) is 17.0 Å². The summed E-state index contributed by atoms with van der Waals surface area (Å²) in [7, 11) is 1.47. The van der Waals surface area contributed by atoms with Gasteiger partial charge in [-0.05, 0) is 47.4 Å². The number of rotatable bonds is 6. The highest BCUT2D eigenvalue weighted by Crippen LogP contribution is 2.25. The minimum atomic E-state index is -0.415. The number of halogens is 1. The molecule has 2 aromatic carbocycles. The van der Waals surface area contributed by atoms with Crippen LogP contribution in [0.5, 0.6) is 5.75 Å². The molecule has 2 aromatic heterocycles. The Morgan fingerprint density at radius 3 is 2.79 bits per heavy atom. The van der Waals surface area contributed by atoms with Crippen molar-refractivity contribution in [3.8, 4) is 22.6 Å². The Labute approximate surface area is 166 Å². The lowest BCUT2D eigenvalue weighted by atomic mass is 10.00. The van der Waals surface area contributed by atoms with Crippen molar-refractivity contribution in [3.63, 3.8) is 0 Å². The quantitative estimate of drug-likeness (QED) is 0.546. The number of hydrogen-bond donors (Lipinski definition) is 1.